The van der Waals surface area contributed by atoms with Crippen LogP contribution in [0.1, 0.15) is 19.3 Å². The van der Waals surface area contributed by atoms with Crippen molar-refractivity contribution in [1.29, 1.82) is 0 Å². The number of non-ortho nitro benzene ring substituents is 1. The van der Waals surface area contributed by atoms with E-state index in [1.807, 2.05) is 0 Å². The van der Waals surface area contributed by atoms with Gasteiger partial charge in [-0.2, -0.15) is 4.31 Å². The molecule has 1 aliphatic rings. The van der Waals surface area contributed by atoms with Gasteiger partial charge in [0, 0.05) is 23.7 Å². The van der Waals surface area contributed by atoms with Crippen LogP contribution in [0.4, 0.5) is 15.8 Å². The number of nitrogens with zero attached hydrogens (tertiary/aromatic N) is 2. The fourth-order valence-electron chi connectivity index (χ4n) is 3.14. The standard InChI is InChI=1S/C18H17ClFN3O5S/c19-12-4-9-16(15(20)11-12)21-18(24)17-3-1-2-10-22(17)29(27,28)14-7-5-13(6-8-14)23(25)26/h4-9,11,17H,1-3,10H2,(H,21,24)/t17-/m0/s1. The monoisotopic (exact) mass is 441 g/mol. The molecule has 154 valence electrons. The number of rotatable bonds is 5. The Morgan fingerprint density at radius 1 is 1.21 bits per heavy atom. The van der Waals surface area contributed by atoms with E-state index in [2.05, 4.69) is 5.32 Å². The highest BCUT2D eigenvalue weighted by Crippen LogP contribution is 2.28. The third-order valence-electron chi connectivity index (χ3n) is 4.60. The molecule has 0 bridgehead atoms. The Hall–Kier alpha value is -2.56. The third kappa shape index (κ3) is 4.55. The van der Waals surface area contributed by atoms with Gasteiger partial charge in [-0.1, -0.05) is 18.0 Å². The summed E-state index contributed by atoms with van der Waals surface area (Å²) in [6.07, 6.45) is 1.46. The lowest BCUT2D eigenvalue weighted by Crippen LogP contribution is -2.49. The van der Waals surface area contributed by atoms with Gasteiger partial charge in [-0.3, -0.25) is 14.9 Å². The SMILES string of the molecule is O=C(Nc1ccc(Cl)cc1F)[C@@H]1CCCCN1S(=O)(=O)c1ccc([N+](=O)[O-])cc1. The quantitative estimate of drug-likeness (QED) is 0.563. The van der Waals surface area contributed by atoms with E-state index in [9.17, 15) is 27.7 Å². The summed E-state index contributed by atoms with van der Waals surface area (Å²) in [6.45, 7) is 0.112. The van der Waals surface area contributed by atoms with Crippen LogP contribution in [0, 0.1) is 15.9 Å². The lowest BCUT2D eigenvalue weighted by Gasteiger charge is -2.33. The maximum absolute atomic E-state index is 14.0. The van der Waals surface area contributed by atoms with Gasteiger partial charge in [0.2, 0.25) is 15.9 Å². The Kier molecular flexibility index (Phi) is 6.15. The van der Waals surface area contributed by atoms with Crippen LogP contribution >= 0.6 is 11.6 Å². The lowest BCUT2D eigenvalue weighted by molar-refractivity contribution is -0.384. The Bertz CT molecular complexity index is 1050. The summed E-state index contributed by atoms with van der Waals surface area (Å²) in [6, 6.07) is 7.18. The van der Waals surface area contributed by atoms with E-state index in [1.54, 1.807) is 0 Å². The first-order valence-corrected chi connectivity index (χ1v) is 10.5. The van der Waals surface area contributed by atoms with E-state index in [0.29, 0.717) is 12.8 Å². The van der Waals surface area contributed by atoms with Gasteiger partial charge in [-0.25, -0.2) is 12.8 Å². The zero-order valence-corrected chi connectivity index (χ0v) is 16.6. The Morgan fingerprint density at radius 3 is 2.52 bits per heavy atom. The van der Waals surface area contributed by atoms with Crippen molar-refractivity contribution in [1.82, 2.24) is 4.31 Å². The third-order valence-corrected chi connectivity index (χ3v) is 6.76. The van der Waals surface area contributed by atoms with Gasteiger partial charge < -0.3 is 5.32 Å². The molecule has 1 aliphatic heterocycles. The summed E-state index contributed by atoms with van der Waals surface area (Å²) < 4.78 is 41.1. The Morgan fingerprint density at radius 2 is 1.90 bits per heavy atom. The van der Waals surface area contributed by atoms with Crippen molar-refractivity contribution in [3.8, 4) is 0 Å². The van der Waals surface area contributed by atoms with Crippen LogP contribution in [-0.2, 0) is 14.8 Å². The van der Waals surface area contributed by atoms with Crippen LogP contribution in [0.15, 0.2) is 47.4 Å². The summed E-state index contributed by atoms with van der Waals surface area (Å²) in [5.74, 6) is -1.39. The van der Waals surface area contributed by atoms with Crippen molar-refractivity contribution in [2.45, 2.75) is 30.2 Å². The molecule has 3 rings (SSSR count). The number of nitrogens with one attached hydrogen (secondary N) is 1. The molecule has 1 amide bonds. The number of hydrogen-bond acceptors (Lipinski definition) is 5. The van der Waals surface area contributed by atoms with Crippen LogP contribution in [0.3, 0.4) is 0 Å². The maximum Gasteiger partial charge on any atom is 0.269 e. The molecular formula is C18H17ClFN3O5S. The van der Waals surface area contributed by atoms with Crippen molar-refractivity contribution in [2.24, 2.45) is 0 Å². The molecule has 0 radical (unpaired) electrons. The predicted molar refractivity (Wildman–Crippen MR) is 105 cm³/mol. The summed E-state index contributed by atoms with van der Waals surface area (Å²) in [5.41, 5.74) is -0.340. The first-order valence-electron chi connectivity index (χ1n) is 8.72. The zero-order chi connectivity index (χ0) is 21.2. The molecule has 1 fully saturated rings. The molecule has 0 spiro atoms. The van der Waals surface area contributed by atoms with Crippen molar-refractivity contribution < 1.29 is 22.5 Å². The number of carbonyl (C=O) groups excluding carboxylic acids is 1. The van der Waals surface area contributed by atoms with Gasteiger partial charge in [0.05, 0.1) is 15.5 Å². The highest BCUT2D eigenvalue weighted by atomic mass is 35.5. The molecule has 1 heterocycles. The van der Waals surface area contributed by atoms with Gasteiger partial charge in [-0.05, 0) is 43.2 Å². The molecule has 1 N–H and O–H groups in total. The summed E-state index contributed by atoms with van der Waals surface area (Å²) >= 11 is 5.70. The molecular weight excluding hydrogens is 425 g/mol. The van der Waals surface area contributed by atoms with Crippen molar-refractivity contribution in [3.63, 3.8) is 0 Å². The fourth-order valence-corrected chi connectivity index (χ4v) is 4.95. The zero-order valence-electron chi connectivity index (χ0n) is 15.0. The molecule has 11 heteroatoms. The molecule has 0 aliphatic carbocycles. The largest absolute Gasteiger partial charge is 0.322 e. The summed E-state index contributed by atoms with van der Waals surface area (Å²) in [4.78, 5) is 22.7. The van der Waals surface area contributed by atoms with Crippen LogP contribution in [0.25, 0.3) is 0 Å². The first kappa shape index (κ1) is 21.2. The van der Waals surface area contributed by atoms with Gasteiger partial charge in [0.25, 0.3) is 5.69 Å². The van der Waals surface area contributed by atoms with E-state index in [1.165, 1.54) is 12.1 Å². The number of carbonyl (C=O) groups is 1. The molecule has 1 saturated heterocycles. The second kappa shape index (κ2) is 8.44. The second-order valence-electron chi connectivity index (χ2n) is 6.49. The van der Waals surface area contributed by atoms with Gasteiger partial charge >= 0.3 is 0 Å². The average Bonchev–Trinajstić information content (AvgIpc) is 2.70. The molecule has 0 unspecified atom stereocenters. The smallest absolute Gasteiger partial charge is 0.269 e. The van der Waals surface area contributed by atoms with Gasteiger partial charge in [-0.15, -0.1) is 0 Å². The molecule has 2 aromatic carbocycles. The van der Waals surface area contributed by atoms with Crippen LogP contribution < -0.4 is 5.32 Å². The number of nitro groups is 1. The second-order valence-corrected chi connectivity index (χ2v) is 8.82. The van der Waals surface area contributed by atoms with Crippen molar-refractivity contribution in [2.75, 3.05) is 11.9 Å². The summed E-state index contributed by atoms with van der Waals surface area (Å²) in [7, 11) is -4.07. The van der Waals surface area contributed by atoms with Crippen molar-refractivity contribution >= 4 is 38.9 Å². The van der Waals surface area contributed by atoms with E-state index < -0.39 is 32.7 Å². The van der Waals surface area contributed by atoms with Gasteiger partial charge in [0.15, 0.2) is 0 Å². The molecule has 8 nitrogen and oxygen atoms in total. The highest BCUT2D eigenvalue weighted by molar-refractivity contribution is 7.89. The maximum atomic E-state index is 14.0. The number of hydrogen-bond donors (Lipinski definition) is 1. The van der Waals surface area contributed by atoms with Crippen molar-refractivity contribution in [3.05, 3.63) is 63.4 Å². The Balaban J connectivity index is 1.86. The van der Waals surface area contributed by atoms with Crippen LogP contribution in [-0.4, -0.2) is 36.1 Å². The number of piperidine rings is 1. The minimum atomic E-state index is -4.07. The molecule has 0 aromatic heterocycles. The number of amides is 1. The number of sulfonamides is 1. The number of nitro benzene ring substituents is 1. The highest BCUT2D eigenvalue weighted by Gasteiger charge is 2.38. The van der Waals surface area contributed by atoms with E-state index in [0.717, 1.165) is 34.6 Å². The van der Waals surface area contributed by atoms with Gasteiger partial charge in [0.1, 0.15) is 11.9 Å². The fraction of sp³-hybridized carbons (Fsp3) is 0.278. The molecule has 1 atom stereocenters. The Labute approximate surface area is 171 Å². The molecule has 0 saturated carbocycles. The average molecular weight is 442 g/mol. The number of halogens is 2. The van der Waals surface area contributed by atoms with Crippen LogP contribution in [0.2, 0.25) is 5.02 Å². The molecule has 2 aromatic rings. The first-order chi connectivity index (χ1) is 13.7. The van der Waals surface area contributed by atoms with E-state index >= 15 is 0 Å². The number of benzene rings is 2. The lowest BCUT2D eigenvalue weighted by atomic mass is 10.0. The topological polar surface area (TPSA) is 110 Å². The minimum absolute atomic E-state index is 0.0994. The number of anilines is 1. The van der Waals surface area contributed by atoms with E-state index in [4.69, 9.17) is 11.6 Å². The molecule has 29 heavy (non-hydrogen) atoms. The predicted octanol–water partition coefficient (Wildman–Crippen LogP) is 3.57. The normalized spacial score (nSPS) is 17.7. The van der Waals surface area contributed by atoms with Crippen LogP contribution in [0.5, 0.6) is 0 Å². The summed E-state index contributed by atoms with van der Waals surface area (Å²) in [5, 5.41) is 13.4. The minimum Gasteiger partial charge on any atom is -0.322 e. The van der Waals surface area contributed by atoms with E-state index in [-0.39, 0.29) is 34.3 Å².